The fourth-order valence-electron chi connectivity index (χ4n) is 0.814. The lowest BCUT2D eigenvalue weighted by molar-refractivity contribution is 0.259. The number of carbonyl (C=O) groups is 1. The number of rotatable bonds is 2. The highest BCUT2D eigenvalue weighted by atomic mass is 16.2. The van der Waals surface area contributed by atoms with Gasteiger partial charge in [-0.25, -0.2) is 9.59 Å². The van der Waals surface area contributed by atoms with E-state index < -0.39 is 6.03 Å². The van der Waals surface area contributed by atoms with Crippen LogP contribution in [0, 0.1) is 0 Å². The summed E-state index contributed by atoms with van der Waals surface area (Å²) in [4.78, 5) is 23.6. The average molecular weight is 177 g/mol. The molecule has 0 atom stereocenters. The van der Waals surface area contributed by atoms with Crippen LogP contribution in [0.5, 0.6) is 0 Å². The number of hydrogen-bond acceptors (Lipinski definition) is 3. The van der Waals surface area contributed by atoms with Crippen LogP contribution in [0.2, 0.25) is 0 Å². The Morgan fingerprint density at radius 3 is 2.46 bits per heavy atom. The molecule has 0 spiro atoms. The van der Waals surface area contributed by atoms with Gasteiger partial charge in [0.2, 0.25) is 6.08 Å². The Morgan fingerprint density at radius 1 is 1.38 bits per heavy atom. The van der Waals surface area contributed by atoms with Crippen LogP contribution in [0.4, 0.5) is 16.2 Å². The summed E-state index contributed by atoms with van der Waals surface area (Å²) in [7, 11) is 0. The van der Waals surface area contributed by atoms with E-state index in [1.165, 1.54) is 6.08 Å². The van der Waals surface area contributed by atoms with Crippen LogP contribution in [0.3, 0.4) is 0 Å². The van der Waals surface area contributed by atoms with Crippen molar-refractivity contribution in [3.63, 3.8) is 0 Å². The Kier molecular flexibility index (Phi) is 2.78. The number of urea groups is 1. The second-order valence-electron chi connectivity index (χ2n) is 2.24. The van der Waals surface area contributed by atoms with E-state index in [0.29, 0.717) is 11.4 Å². The van der Waals surface area contributed by atoms with E-state index >= 15 is 0 Å². The highest BCUT2D eigenvalue weighted by molar-refractivity contribution is 5.87. The summed E-state index contributed by atoms with van der Waals surface area (Å²) in [5.41, 5.74) is 5.92. The van der Waals surface area contributed by atoms with E-state index in [0.717, 1.165) is 0 Å². The van der Waals surface area contributed by atoms with Crippen molar-refractivity contribution in [2.24, 2.45) is 10.7 Å². The molecule has 0 radical (unpaired) electrons. The van der Waals surface area contributed by atoms with E-state index in [1.54, 1.807) is 24.3 Å². The van der Waals surface area contributed by atoms with E-state index in [2.05, 4.69) is 10.3 Å². The van der Waals surface area contributed by atoms with Crippen LogP contribution in [0.1, 0.15) is 0 Å². The number of benzene rings is 1. The molecule has 0 heterocycles. The first kappa shape index (κ1) is 8.96. The predicted molar refractivity (Wildman–Crippen MR) is 47.4 cm³/mol. The van der Waals surface area contributed by atoms with Gasteiger partial charge in [-0.2, -0.15) is 4.99 Å². The molecule has 13 heavy (non-hydrogen) atoms. The highest BCUT2D eigenvalue weighted by Crippen LogP contribution is 2.14. The number of primary amides is 1. The van der Waals surface area contributed by atoms with Gasteiger partial charge in [-0.15, -0.1) is 0 Å². The molecule has 1 aromatic carbocycles. The lowest BCUT2D eigenvalue weighted by Crippen LogP contribution is -2.18. The van der Waals surface area contributed by atoms with Crippen molar-refractivity contribution in [1.29, 1.82) is 0 Å². The Morgan fingerprint density at radius 2 is 2.00 bits per heavy atom. The Balaban J connectivity index is 2.80. The van der Waals surface area contributed by atoms with Crippen LogP contribution in [-0.2, 0) is 4.79 Å². The van der Waals surface area contributed by atoms with E-state index in [4.69, 9.17) is 5.73 Å². The van der Waals surface area contributed by atoms with Gasteiger partial charge in [0.25, 0.3) is 0 Å². The average Bonchev–Trinajstić information content (AvgIpc) is 2.08. The Bertz CT molecular complexity index is 352. The quantitative estimate of drug-likeness (QED) is 0.524. The first-order valence-corrected chi connectivity index (χ1v) is 3.47. The van der Waals surface area contributed by atoms with Crippen LogP contribution in [0.25, 0.3) is 0 Å². The summed E-state index contributed by atoms with van der Waals surface area (Å²) in [5.74, 6) is 0. The number of nitrogens with two attached hydrogens (primary N) is 1. The lowest BCUT2D eigenvalue weighted by Gasteiger charge is -1.99. The molecule has 0 saturated heterocycles. The number of carbonyl (C=O) groups excluding carboxylic acids is 2. The molecule has 5 nitrogen and oxygen atoms in total. The fourth-order valence-corrected chi connectivity index (χ4v) is 0.814. The first-order chi connectivity index (χ1) is 6.22. The molecule has 0 bridgehead atoms. The molecule has 1 rings (SSSR count). The second-order valence-corrected chi connectivity index (χ2v) is 2.24. The van der Waals surface area contributed by atoms with Crippen LogP contribution >= 0.6 is 0 Å². The van der Waals surface area contributed by atoms with Gasteiger partial charge in [-0.1, -0.05) is 0 Å². The topological polar surface area (TPSA) is 84.6 Å². The number of hydrogen-bond donors (Lipinski definition) is 2. The molecule has 3 N–H and O–H groups in total. The third kappa shape index (κ3) is 2.76. The normalized spacial score (nSPS) is 8.62. The van der Waals surface area contributed by atoms with Crippen LogP contribution in [-0.4, -0.2) is 12.1 Å². The molecular formula is C8H7N3O2. The summed E-state index contributed by atoms with van der Waals surface area (Å²) in [6.45, 7) is 0. The number of anilines is 1. The van der Waals surface area contributed by atoms with Gasteiger partial charge in [0, 0.05) is 5.69 Å². The molecular weight excluding hydrogens is 170 g/mol. The Hall–Kier alpha value is -2.13. The predicted octanol–water partition coefficient (Wildman–Crippen LogP) is 1.14. The van der Waals surface area contributed by atoms with Crippen LogP contribution in [0.15, 0.2) is 29.3 Å². The zero-order valence-electron chi connectivity index (χ0n) is 6.65. The van der Waals surface area contributed by atoms with Crippen molar-refractivity contribution in [3.8, 4) is 0 Å². The van der Waals surface area contributed by atoms with E-state index in [-0.39, 0.29) is 0 Å². The van der Waals surface area contributed by atoms with Crippen molar-refractivity contribution < 1.29 is 9.59 Å². The zero-order valence-corrected chi connectivity index (χ0v) is 6.65. The monoisotopic (exact) mass is 177 g/mol. The molecule has 5 heteroatoms. The van der Waals surface area contributed by atoms with Gasteiger partial charge in [0.05, 0.1) is 5.69 Å². The number of isocyanates is 1. The number of nitrogens with zero attached hydrogens (tertiary/aromatic N) is 1. The van der Waals surface area contributed by atoms with Gasteiger partial charge < -0.3 is 11.1 Å². The van der Waals surface area contributed by atoms with Crippen molar-refractivity contribution in [2.75, 3.05) is 5.32 Å². The molecule has 1 aromatic rings. The molecule has 0 aliphatic rings. The SMILES string of the molecule is NC(=O)Nc1ccc(N=C=O)cc1. The van der Waals surface area contributed by atoms with E-state index in [1.807, 2.05) is 0 Å². The number of amides is 2. The van der Waals surface area contributed by atoms with Gasteiger partial charge >= 0.3 is 6.03 Å². The van der Waals surface area contributed by atoms with Gasteiger partial charge in [-0.05, 0) is 24.3 Å². The third-order valence-electron chi connectivity index (χ3n) is 1.31. The lowest BCUT2D eigenvalue weighted by atomic mass is 10.3. The molecule has 0 aromatic heterocycles. The molecule has 0 aliphatic heterocycles. The summed E-state index contributed by atoms with van der Waals surface area (Å²) < 4.78 is 0. The first-order valence-electron chi connectivity index (χ1n) is 3.47. The maximum Gasteiger partial charge on any atom is 0.316 e. The van der Waals surface area contributed by atoms with E-state index in [9.17, 15) is 9.59 Å². The summed E-state index contributed by atoms with van der Waals surface area (Å²) in [6.07, 6.45) is 1.41. The summed E-state index contributed by atoms with van der Waals surface area (Å²) in [6, 6.07) is 5.67. The molecule has 2 amide bonds. The standard InChI is InChI=1S/C8H7N3O2/c9-8(13)11-7-3-1-6(2-4-7)10-5-12/h1-4H,(H3,9,11,13). The van der Waals surface area contributed by atoms with Crippen molar-refractivity contribution in [3.05, 3.63) is 24.3 Å². The second kappa shape index (κ2) is 4.04. The third-order valence-corrected chi connectivity index (χ3v) is 1.31. The zero-order chi connectivity index (χ0) is 9.68. The van der Waals surface area contributed by atoms with Crippen molar-refractivity contribution in [1.82, 2.24) is 0 Å². The highest BCUT2D eigenvalue weighted by Gasteiger charge is 1.94. The minimum atomic E-state index is -0.633. The smallest absolute Gasteiger partial charge is 0.316 e. The summed E-state index contributed by atoms with van der Waals surface area (Å²) >= 11 is 0. The molecule has 0 unspecified atom stereocenters. The largest absolute Gasteiger partial charge is 0.351 e. The minimum Gasteiger partial charge on any atom is -0.351 e. The molecule has 0 fully saturated rings. The Labute approximate surface area is 74.3 Å². The number of aliphatic imine (C=N–C) groups is 1. The summed E-state index contributed by atoms with van der Waals surface area (Å²) in [5, 5.41) is 2.37. The maximum atomic E-state index is 10.4. The van der Waals surface area contributed by atoms with Crippen molar-refractivity contribution in [2.45, 2.75) is 0 Å². The van der Waals surface area contributed by atoms with Gasteiger partial charge in [-0.3, -0.25) is 0 Å². The molecule has 66 valence electrons. The van der Waals surface area contributed by atoms with Gasteiger partial charge in [0.1, 0.15) is 0 Å². The fraction of sp³-hybridized carbons (Fsp3) is 0. The van der Waals surface area contributed by atoms with Crippen molar-refractivity contribution >= 4 is 23.5 Å². The van der Waals surface area contributed by atoms with Crippen LogP contribution < -0.4 is 11.1 Å². The number of nitrogens with one attached hydrogen (secondary N) is 1. The molecule has 0 aliphatic carbocycles. The molecule has 0 saturated carbocycles. The van der Waals surface area contributed by atoms with Gasteiger partial charge in [0.15, 0.2) is 0 Å². The minimum absolute atomic E-state index is 0.477. The maximum absolute atomic E-state index is 10.4.